The minimum Gasteiger partial charge on any atom is -0.497 e. The molecular weight excluding hydrogens is 598 g/mol. The Morgan fingerprint density at radius 1 is 0.886 bits per heavy atom. The standard InChI is InChI=1S/C34H36ClN3O5S/c1-4-36-34(40)32(22-26-10-6-5-7-11-26)37(23-27-12-8-9-25(2)21-27)33(39)24-38(29-15-13-28(35)14-16-29)44(41,42)31-19-17-30(43-3)18-20-31/h5-21,32H,4,22-24H2,1-3H3,(H,36,40)/t32-/m1/s1. The van der Waals surface area contributed by atoms with Gasteiger partial charge in [-0.15, -0.1) is 0 Å². The Hall–Kier alpha value is -4.34. The number of hydrogen-bond donors (Lipinski definition) is 1. The van der Waals surface area contributed by atoms with Gasteiger partial charge in [-0.1, -0.05) is 71.8 Å². The fraction of sp³-hybridized carbons (Fsp3) is 0.235. The number of hydrogen-bond acceptors (Lipinski definition) is 5. The molecule has 1 N–H and O–H groups in total. The number of methoxy groups -OCH3 is 1. The fourth-order valence-corrected chi connectivity index (χ4v) is 6.40. The number of nitrogens with zero attached hydrogens (tertiary/aromatic N) is 2. The first-order valence-electron chi connectivity index (χ1n) is 14.2. The Bertz CT molecular complexity index is 1660. The Morgan fingerprint density at radius 2 is 1.55 bits per heavy atom. The lowest BCUT2D eigenvalue weighted by Gasteiger charge is -2.34. The predicted octanol–water partition coefficient (Wildman–Crippen LogP) is 5.63. The Kier molecular flexibility index (Phi) is 11.0. The highest BCUT2D eigenvalue weighted by atomic mass is 35.5. The summed E-state index contributed by atoms with van der Waals surface area (Å²) in [5.41, 5.74) is 2.94. The van der Waals surface area contributed by atoms with Crippen LogP contribution in [-0.2, 0) is 32.6 Å². The summed E-state index contributed by atoms with van der Waals surface area (Å²) in [5.74, 6) is -0.368. The summed E-state index contributed by atoms with van der Waals surface area (Å²) in [5, 5.41) is 3.28. The van der Waals surface area contributed by atoms with Gasteiger partial charge in [-0.05, 0) is 73.5 Å². The number of carbonyl (C=O) groups is 2. The molecule has 4 aromatic rings. The van der Waals surface area contributed by atoms with Crippen LogP contribution in [0.3, 0.4) is 0 Å². The predicted molar refractivity (Wildman–Crippen MR) is 173 cm³/mol. The maximum Gasteiger partial charge on any atom is 0.264 e. The third kappa shape index (κ3) is 8.18. The zero-order chi connectivity index (χ0) is 31.7. The lowest BCUT2D eigenvalue weighted by atomic mass is 10.0. The number of amides is 2. The van der Waals surface area contributed by atoms with Gasteiger partial charge in [-0.2, -0.15) is 0 Å². The monoisotopic (exact) mass is 633 g/mol. The molecule has 0 fully saturated rings. The molecule has 0 aromatic heterocycles. The third-order valence-corrected chi connectivity index (χ3v) is 9.14. The molecule has 0 aliphatic carbocycles. The van der Waals surface area contributed by atoms with E-state index in [1.807, 2.05) is 68.4 Å². The van der Waals surface area contributed by atoms with Crippen molar-refractivity contribution in [2.75, 3.05) is 24.5 Å². The number of benzene rings is 4. The van der Waals surface area contributed by atoms with Crippen molar-refractivity contribution < 1.29 is 22.7 Å². The van der Waals surface area contributed by atoms with E-state index in [0.717, 1.165) is 21.0 Å². The van der Waals surface area contributed by atoms with Crippen LogP contribution in [0.2, 0.25) is 5.02 Å². The molecule has 8 nitrogen and oxygen atoms in total. The first-order chi connectivity index (χ1) is 21.1. The summed E-state index contributed by atoms with van der Waals surface area (Å²) < 4.78 is 34.4. The number of likely N-dealkylation sites (N-methyl/N-ethyl adjacent to an activating group) is 1. The van der Waals surface area contributed by atoms with E-state index in [2.05, 4.69) is 5.32 Å². The molecule has 0 unspecified atom stereocenters. The van der Waals surface area contributed by atoms with Gasteiger partial charge in [-0.25, -0.2) is 8.42 Å². The van der Waals surface area contributed by atoms with E-state index in [4.69, 9.17) is 16.3 Å². The molecule has 10 heteroatoms. The van der Waals surface area contributed by atoms with Gasteiger partial charge in [-0.3, -0.25) is 13.9 Å². The lowest BCUT2D eigenvalue weighted by Crippen LogP contribution is -2.53. The van der Waals surface area contributed by atoms with Gasteiger partial charge in [0.2, 0.25) is 11.8 Å². The quantitative estimate of drug-likeness (QED) is 0.206. The molecule has 0 heterocycles. The zero-order valence-electron chi connectivity index (χ0n) is 24.9. The fourth-order valence-electron chi connectivity index (χ4n) is 4.86. The number of rotatable bonds is 13. The first kappa shape index (κ1) is 32.6. The number of ether oxygens (including phenoxy) is 1. The average molecular weight is 634 g/mol. The number of sulfonamides is 1. The molecule has 4 aromatic carbocycles. The largest absolute Gasteiger partial charge is 0.497 e. The summed E-state index contributed by atoms with van der Waals surface area (Å²) >= 11 is 6.12. The van der Waals surface area contributed by atoms with E-state index in [9.17, 15) is 18.0 Å². The van der Waals surface area contributed by atoms with Crippen LogP contribution in [0.1, 0.15) is 23.6 Å². The van der Waals surface area contributed by atoms with Crippen LogP contribution >= 0.6 is 11.6 Å². The number of anilines is 1. The van der Waals surface area contributed by atoms with Crippen molar-refractivity contribution in [2.24, 2.45) is 0 Å². The van der Waals surface area contributed by atoms with E-state index < -0.39 is 28.5 Å². The van der Waals surface area contributed by atoms with Crippen molar-refractivity contribution in [3.8, 4) is 5.75 Å². The SMILES string of the molecule is CCNC(=O)[C@@H](Cc1ccccc1)N(Cc1cccc(C)c1)C(=O)CN(c1ccc(Cl)cc1)S(=O)(=O)c1ccc(OC)cc1. The van der Waals surface area contributed by atoms with Gasteiger partial charge in [0, 0.05) is 24.5 Å². The van der Waals surface area contributed by atoms with E-state index >= 15 is 0 Å². The topological polar surface area (TPSA) is 96.0 Å². The summed E-state index contributed by atoms with van der Waals surface area (Å²) in [4.78, 5) is 29.4. The van der Waals surface area contributed by atoms with E-state index in [1.165, 1.54) is 24.1 Å². The minimum absolute atomic E-state index is 0.0177. The highest BCUT2D eigenvalue weighted by Crippen LogP contribution is 2.27. The van der Waals surface area contributed by atoms with E-state index in [-0.39, 0.29) is 29.5 Å². The average Bonchev–Trinajstić information content (AvgIpc) is 3.02. The molecule has 0 radical (unpaired) electrons. The smallest absolute Gasteiger partial charge is 0.264 e. The molecule has 0 aliphatic rings. The van der Waals surface area contributed by atoms with Crippen LogP contribution in [0, 0.1) is 6.92 Å². The Labute approximate surface area is 264 Å². The van der Waals surface area contributed by atoms with Crippen molar-refractivity contribution in [1.82, 2.24) is 10.2 Å². The van der Waals surface area contributed by atoms with E-state index in [1.54, 1.807) is 36.4 Å². The van der Waals surface area contributed by atoms with Crippen LogP contribution in [-0.4, -0.2) is 51.4 Å². The summed E-state index contributed by atoms with van der Waals surface area (Å²) in [6, 6.07) is 28.4. The summed E-state index contributed by atoms with van der Waals surface area (Å²) in [7, 11) is -2.74. The van der Waals surface area contributed by atoms with Gasteiger partial charge in [0.1, 0.15) is 18.3 Å². The molecule has 4 rings (SSSR count). The van der Waals surface area contributed by atoms with Crippen molar-refractivity contribution >= 4 is 39.1 Å². The van der Waals surface area contributed by atoms with Crippen LogP contribution in [0.4, 0.5) is 5.69 Å². The van der Waals surface area contributed by atoms with Crippen LogP contribution < -0.4 is 14.4 Å². The molecule has 0 bridgehead atoms. The van der Waals surface area contributed by atoms with Gasteiger partial charge < -0.3 is 15.0 Å². The highest BCUT2D eigenvalue weighted by molar-refractivity contribution is 7.92. The lowest BCUT2D eigenvalue weighted by molar-refractivity contribution is -0.140. The summed E-state index contributed by atoms with van der Waals surface area (Å²) in [6.45, 7) is 3.69. The second-order valence-corrected chi connectivity index (χ2v) is 12.6. The number of halogens is 1. The zero-order valence-corrected chi connectivity index (χ0v) is 26.5. The normalized spacial score (nSPS) is 11.8. The highest BCUT2D eigenvalue weighted by Gasteiger charge is 2.34. The Balaban J connectivity index is 1.79. The first-order valence-corrected chi connectivity index (χ1v) is 16.0. The van der Waals surface area contributed by atoms with Gasteiger partial charge in [0.25, 0.3) is 10.0 Å². The van der Waals surface area contributed by atoms with Gasteiger partial charge in [0.05, 0.1) is 17.7 Å². The molecule has 0 spiro atoms. The van der Waals surface area contributed by atoms with E-state index in [0.29, 0.717) is 17.3 Å². The van der Waals surface area contributed by atoms with Crippen LogP contribution in [0.5, 0.6) is 5.75 Å². The molecule has 2 amide bonds. The van der Waals surface area contributed by atoms with Crippen molar-refractivity contribution in [3.05, 3.63) is 125 Å². The van der Waals surface area contributed by atoms with Crippen LogP contribution in [0.15, 0.2) is 108 Å². The van der Waals surface area contributed by atoms with Crippen molar-refractivity contribution in [3.63, 3.8) is 0 Å². The van der Waals surface area contributed by atoms with Crippen LogP contribution in [0.25, 0.3) is 0 Å². The number of aryl methyl sites for hydroxylation is 1. The second-order valence-electron chi connectivity index (χ2n) is 10.3. The molecular formula is C34H36ClN3O5S. The number of nitrogens with one attached hydrogen (secondary N) is 1. The van der Waals surface area contributed by atoms with Gasteiger partial charge >= 0.3 is 0 Å². The third-order valence-electron chi connectivity index (χ3n) is 7.10. The molecule has 0 saturated heterocycles. The number of carbonyl (C=O) groups excluding carboxylic acids is 2. The maximum absolute atomic E-state index is 14.4. The molecule has 0 saturated carbocycles. The maximum atomic E-state index is 14.4. The molecule has 230 valence electrons. The van der Waals surface area contributed by atoms with Crippen molar-refractivity contribution in [2.45, 2.75) is 37.8 Å². The second kappa shape index (κ2) is 14.9. The molecule has 0 aliphatic heterocycles. The van der Waals surface area contributed by atoms with Crippen molar-refractivity contribution in [1.29, 1.82) is 0 Å². The molecule has 44 heavy (non-hydrogen) atoms. The molecule has 1 atom stereocenters. The van der Waals surface area contributed by atoms with Gasteiger partial charge in [0.15, 0.2) is 0 Å². The summed E-state index contributed by atoms with van der Waals surface area (Å²) in [6.07, 6.45) is 0.246. The minimum atomic E-state index is -4.23. The Morgan fingerprint density at radius 3 is 2.16 bits per heavy atom.